The van der Waals surface area contributed by atoms with Crippen LogP contribution in [0.25, 0.3) is 5.57 Å². The predicted molar refractivity (Wildman–Crippen MR) is 46.8 cm³/mol. The summed E-state index contributed by atoms with van der Waals surface area (Å²) in [6, 6.07) is 0. The van der Waals surface area contributed by atoms with Gasteiger partial charge in [-0.25, -0.2) is 9.97 Å². The summed E-state index contributed by atoms with van der Waals surface area (Å²) in [5, 5.41) is 0.498. The second kappa shape index (κ2) is 3.20. The fourth-order valence-electron chi connectivity index (χ4n) is 0.627. The van der Waals surface area contributed by atoms with Gasteiger partial charge in [-0.05, 0) is 24.1 Å². The molecule has 0 unspecified atom stereocenters. The third kappa shape index (κ3) is 1.91. The zero-order valence-electron chi connectivity index (χ0n) is 5.93. The van der Waals surface area contributed by atoms with Gasteiger partial charge in [0.15, 0.2) is 0 Å². The molecule has 0 saturated heterocycles. The maximum Gasteiger partial charge on any atom is 0.223 e. The van der Waals surface area contributed by atoms with E-state index in [1.807, 2.05) is 6.92 Å². The van der Waals surface area contributed by atoms with Gasteiger partial charge in [-0.1, -0.05) is 18.2 Å². The van der Waals surface area contributed by atoms with Crippen molar-refractivity contribution in [1.82, 2.24) is 9.97 Å². The molecule has 58 valence electrons. The molecule has 1 aromatic heterocycles. The van der Waals surface area contributed by atoms with Gasteiger partial charge >= 0.3 is 0 Å². The van der Waals surface area contributed by atoms with Gasteiger partial charge in [-0.2, -0.15) is 0 Å². The Kier molecular flexibility index (Phi) is 2.47. The van der Waals surface area contributed by atoms with Crippen LogP contribution in [0.5, 0.6) is 0 Å². The number of allylic oxidation sites excluding steroid dienone is 1. The average Bonchev–Trinajstić information content (AvgIpc) is 1.85. The molecule has 11 heavy (non-hydrogen) atoms. The lowest BCUT2D eigenvalue weighted by Gasteiger charge is -1.99. The third-order valence-electron chi connectivity index (χ3n) is 1.17. The van der Waals surface area contributed by atoms with Gasteiger partial charge in [0.2, 0.25) is 5.28 Å². The van der Waals surface area contributed by atoms with Gasteiger partial charge in [0, 0.05) is 11.8 Å². The molecule has 0 aliphatic rings. The van der Waals surface area contributed by atoms with Crippen molar-refractivity contribution < 1.29 is 0 Å². The monoisotopic (exact) mass is 188 g/mol. The molecule has 1 heterocycles. The Bertz CT molecular complexity index is 296. The molecule has 0 aliphatic heterocycles. The third-order valence-corrected chi connectivity index (χ3v) is 1.64. The molecule has 4 heteroatoms. The van der Waals surface area contributed by atoms with Crippen LogP contribution < -0.4 is 0 Å². The van der Waals surface area contributed by atoms with Crippen LogP contribution in [0.2, 0.25) is 10.4 Å². The van der Waals surface area contributed by atoms with Crippen molar-refractivity contribution in [1.29, 1.82) is 0 Å². The van der Waals surface area contributed by atoms with E-state index in [0.717, 1.165) is 11.1 Å². The molecular formula is C7H6Cl2N2. The maximum atomic E-state index is 5.73. The van der Waals surface area contributed by atoms with Crippen molar-refractivity contribution in [3.05, 3.63) is 28.8 Å². The van der Waals surface area contributed by atoms with Crippen LogP contribution in [0.15, 0.2) is 12.8 Å². The summed E-state index contributed by atoms with van der Waals surface area (Å²) in [4.78, 5) is 7.52. The van der Waals surface area contributed by atoms with Gasteiger partial charge in [0.25, 0.3) is 0 Å². The zero-order chi connectivity index (χ0) is 8.43. The summed E-state index contributed by atoms with van der Waals surface area (Å²) in [5.74, 6) is 0. The predicted octanol–water partition coefficient (Wildman–Crippen LogP) is 2.82. The smallest absolute Gasteiger partial charge is 0.223 e. The quantitative estimate of drug-likeness (QED) is 0.501. The molecule has 0 bridgehead atoms. The summed E-state index contributed by atoms with van der Waals surface area (Å²) >= 11 is 11.2. The Morgan fingerprint density at radius 2 is 2.18 bits per heavy atom. The number of rotatable bonds is 1. The summed E-state index contributed by atoms with van der Waals surface area (Å²) in [5.41, 5.74) is 1.56. The lowest BCUT2D eigenvalue weighted by atomic mass is 10.2. The van der Waals surface area contributed by atoms with E-state index in [4.69, 9.17) is 23.2 Å². The number of halogens is 2. The van der Waals surface area contributed by atoms with Crippen molar-refractivity contribution in [2.45, 2.75) is 6.92 Å². The Morgan fingerprint density at radius 1 is 1.55 bits per heavy atom. The van der Waals surface area contributed by atoms with Crippen molar-refractivity contribution in [3.8, 4) is 0 Å². The molecule has 0 radical (unpaired) electrons. The highest BCUT2D eigenvalue weighted by molar-refractivity contribution is 6.32. The van der Waals surface area contributed by atoms with Crippen LogP contribution in [0.1, 0.15) is 12.5 Å². The van der Waals surface area contributed by atoms with Crippen molar-refractivity contribution >= 4 is 28.8 Å². The number of hydrogen-bond donors (Lipinski definition) is 0. The Hall–Kier alpha value is -0.600. The van der Waals surface area contributed by atoms with Crippen molar-refractivity contribution in [3.63, 3.8) is 0 Å². The summed E-state index contributed by atoms with van der Waals surface area (Å²) in [6.45, 7) is 5.54. The first-order valence-electron chi connectivity index (χ1n) is 2.95. The molecule has 1 rings (SSSR count). The largest absolute Gasteiger partial charge is 0.226 e. The van der Waals surface area contributed by atoms with E-state index in [1.165, 1.54) is 0 Å². The molecule has 0 saturated carbocycles. The first-order valence-corrected chi connectivity index (χ1v) is 3.71. The molecular weight excluding hydrogens is 183 g/mol. The SMILES string of the molecule is C=C(C)c1cnc(Cl)nc1Cl. The minimum absolute atomic E-state index is 0.153. The molecule has 0 atom stereocenters. The standard InChI is InChI=1S/C7H6Cl2N2/c1-4(2)5-3-10-7(9)11-6(5)8/h3H,1H2,2H3. The Labute approximate surface area is 74.9 Å². The van der Waals surface area contributed by atoms with E-state index in [0.29, 0.717) is 5.15 Å². The molecule has 0 amide bonds. The molecule has 0 spiro atoms. The summed E-state index contributed by atoms with van der Waals surface area (Å²) in [7, 11) is 0. The van der Waals surface area contributed by atoms with Crippen LogP contribution in [0.3, 0.4) is 0 Å². The van der Waals surface area contributed by atoms with E-state index in [2.05, 4.69) is 16.5 Å². The fraction of sp³-hybridized carbons (Fsp3) is 0.143. The van der Waals surface area contributed by atoms with Crippen molar-refractivity contribution in [2.75, 3.05) is 0 Å². The van der Waals surface area contributed by atoms with E-state index >= 15 is 0 Å². The Morgan fingerprint density at radius 3 is 2.64 bits per heavy atom. The van der Waals surface area contributed by atoms with Gasteiger partial charge in [0.1, 0.15) is 5.15 Å². The van der Waals surface area contributed by atoms with Crippen LogP contribution in [0.4, 0.5) is 0 Å². The minimum atomic E-state index is 0.153. The minimum Gasteiger partial charge on any atom is -0.226 e. The molecule has 2 nitrogen and oxygen atoms in total. The summed E-state index contributed by atoms with van der Waals surface area (Å²) in [6.07, 6.45) is 1.56. The molecule has 0 N–H and O–H groups in total. The number of aromatic nitrogens is 2. The summed E-state index contributed by atoms with van der Waals surface area (Å²) < 4.78 is 0. The van der Waals surface area contributed by atoms with E-state index < -0.39 is 0 Å². The average molecular weight is 189 g/mol. The van der Waals surface area contributed by atoms with E-state index in [1.54, 1.807) is 6.20 Å². The highest BCUT2D eigenvalue weighted by Gasteiger charge is 2.02. The van der Waals surface area contributed by atoms with Crippen LogP contribution in [-0.4, -0.2) is 9.97 Å². The second-order valence-corrected chi connectivity index (χ2v) is 2.82. The molecule has 0 aliphatic carbocycles. The van der Waals surface area contributed by atoms with E-state index in [-0.39, 0.29) is 5.28 Å². The maximum absolute atomic E-state index is 5.73. The lowest BCUT2D eigenvalue weighted by molar-refractivity contribution is 1.15. The van der Waals surface area contributed by atoms with Gasteiger partial charge in [-0.15, -0.1) is 0 Å². The van der Waals surface area contributed by atoms with Gasteiger partial charge < -0.3 is 0 Å². The van der Waals surface area contributed by atoms with Gasteiger partial charge in [-0.3, -0.25) is 0 Å². The molecule has 0 fully saturated rings. The molecule has 1 aromatic rings. The Balaban J connectivity index is 3.20. The number of nitrogens with zero attached hydrogens (tertiary/aromatic N) is 2. The zero-order valence-corrected chi connectivity index (χ0v) is 7.45. The van der Waals surface area contributed by atoms with Crippen LogP contribution in [-0.2, 0) is 0 Å². The van der Waals surface area contributed by atoms with Gasteiger partial charge in [0.05, 0.1) is 0 Å². The van der Waals surface area contributed by atoms with Crippen LogP contribution in [0, 0.1) is 0 Å². The highest BCUT2D eigenvalue weighted by Crippen LogP contribution is 2.20. The first kappa shape index (κ1) is 8.50. The second-order valence-electron chi connectivity index (χ2n) is 2.12. The first-order chi connectivity index (χ1) is 5.11. The highest BCUT2D eigenvalue weighted by atomic mass is 35.5. The van der Waals surface area contributed by atoms with Crippen molar-refractivity contribution in [2.24, 2.45) is 0 Å². The lowest BCUT2D eigenvalue weighted by Crippen LogP contribution is -1.88. The van der Waals surface area contributed by atoms with E-state index in [9.17, 15) is 0 Å². The topological polar surface area (TPSA) is 25.8 Å². The van der Waals surface area contributed by atoms with Crippen LogP contribution >= 0.6 is 23.2 Å². The normalized spacial score (nSPS) is 9.73. The number of hydrogen-bond acceptors (Lipinski definition) is 2. The fourth-order valence-corrected chi connectivity index (χ4v) is 1.09. The molecule has 0 aromatic carbocycles.